The Labute approximate surface area is 126 Å². The maximum Gasteiger partial charge on any atom is 0.255 e. The molecule has 0 amide bonds. The third-order valence-corrected chi connectivity index (χ3v) is 9.10. The van der Waals surface area contributed by atoms with Gasteiger partial charge in [0.05, 0.1) is 5.69 Å². The molecule has 114 valence electrons. The molecule has 2 N–H and O–H groups in total. The minimum atomic E-state index is -3.89. The van der Waals surface area contributed by atoms with Gasteiger partial charge in [-0.15, -0.1) is 0 Å². The molecule has 20 heavy (non-hydrogen) atoms. The van der Waals surface area contributed by atoms with Crippen LogP contribution < -0.4 is 5.73 Å². The Kier molecular flexibility index (Phi) is 4.36. The fraction of sp³-hybridized carbons (Fsp3) is 0.667. The number of thiazole rings is 1. The Bertz CT molecular complexity index is 710. The number of sulfone groups is 1. The summed E-state index contributed by atoms with van der Waals surface area (Å²) in [6.07, 6.45) is 1.06. The van der Waals surface area contributed by atoms with Crippen molar-refractivity contribution in [2.75, 3.05) is 30.0 Å². The second kappa shape index (κ2) is 5.44. The summed E-state index contributed by atoms with van der Waals surface area (Å²) in [5, 5.41) is -0.877. The summed E-state index contributed by atoms with van der Waals surface area (Å²) in [6, 6.07) is 0. The van der Waals surface area contributed by atoms with Crippen LogP contribution in [0.5, 0.6) is 0 Å². The Morgan fingerprint density at radius 1 is 1.35 bits per heavy atom. The fourth-order valence-electron chi connectivity index (χ4n) is 1.93. The number of hydrogen-bond acceptors (Lipinski definition) is 8. The maximum atomic E-state index is 12.6. The van der Waals surface area contributed by atoms with E-state index in [1.54, 1.807) is 6.92 Å². The topological polar surface area (TPSA) is 110 Å². The van der Waals surface area contributed by atoms with Crippen LogP contribution in [-0.2, 0) is 19.9 Å². The molecule has 0 aromatic carbocycles. The van der Waals surface area contributed by atoms with Crippen molar-refractivity contribution in [2.24, 2.45) is 0 Å². The monoisotopic (exact) mass is 357 g/mol. The minimum absolute atomic E-state index is 0.0237. The number of hydrogen-bond donors (Lipinski definition) is 1. The van der Waals surface area contributed by atoms with Crippen LogP contribution in [-0.4, -0.2) is 55.8 Å². The minimum Gasteiger partial charge on any atom is -0.375 e. The van der Waals surface area contributed by atoms with Gasteiger partial charge in [0.1, 0.15) is 5.37 Å². The van der Waals surface area contributed by atoms with Crippen molar-refractivity contribution in [3.8, 4) is 0 Å². The largest absolute Gasteiger partial charge is 0.375 e. The van der Waals surface area contributed by atoms with E-state index < -0.39 is 25.2 Å². The van der Waals surface area contributed by atoms with Crippen molar-refractivity contribution < 1.29 is 16.8 Å². The number of rotatable bonds is 3. The van der Waals surface area contributed by atoms with Crippen molar-refractivity contribution in [1.82, 2.24) is 9.29 Å². The summed E-state index contributed by atoms with van der Waals surface area (Å²) in [6.45, 7) is 1.72. The van der Waals surface area contributed by atoms with Crippen LogP contribution in [0.4, 0.5) is 5.13 Å². The summed E-state index contributed by atoms with van der Waals surface area (Å²) in [4.78, 5) is 3.90. The highest BCUT2D eigenvalue weighted by molar-refractivity contribution is 8.01. The van der Waals surface area contributed by atoms with E-state index in [1.807, 2.05) is 0 Å². The highest BCUT2D eigenvalue weighted by atomic mass is 32.2. The summed E-state index contributed by atoms with van der Waals surface area (Å²) in [7, 11) is -7.38. The van der Waals surface area contributed by atoms with Crippen LogP contribution in [0.25, 0.3) is 0 Å². The molecule has 0 saturated carbocycles. The Morgan fingerprint density at radius 2 is 2.00 bits per heavy atom. The smallest absolute Gasteiger partial charge is 0.255 e. The summed E-state index contributed by atoms with van der Waals surface area (Å²) >= 11 is 2.30. The van der Waals surface area contributed by atoms with Gasteiger partial charge in [-0.2, -0.15) is 16.1 Å². The lowest BCUT2D eigenvalue weighted by molar-refractivity contribution is 0.405. The SMILES string of the molecule is Cc1nc(N)sc1S(=O)(=O)N1CCSCC1S(C)(=O)=O. The molecule has 1 aliphatic heterocycles. The number of aryl methyl sites for hydroxylation is 1. The van der Waals surface area contributed by atoms with Gasteiger partial charge in [-0.1, -0.05) is 11.3 Å². The summed E-state index contributed by atoms with van der Waals surface area (Å²) in [5.41, 5.74) is 5.83. The molecule has 1 fully saturated rings. The molecule has 1 saturated heterocycles. The first-order valence-electron chi connectivity index (χ1n) is 5.65. The number of nitrogens with zero attached hydrogens (tertiary/aromatic N) is 2. The molecule has 7 nitrogen and oxygen atoms in total. The predicted molar refractivity (Wildman–Crippen MR) is 81.1 cm³/mol. The molecule has 2 rings (SSSR count). The molecule has 0 radical (unpaired) electrons. The second-order valence-corrected chi connectivity index (χ2v) is 10.9. The van der Waals surface area contributed by atoms with Gasteiger partial charge in [0, 0.05) is 24.3 Å². The third kappa shape index (κ3) is 2.96. The molecule has 1 aromatic rings. The first-order valence-corrected chi connectivity index (χ1v) is 11.0. The third-order valence-electron chi connectivity index (χ3n) is 2.85. The second-order valence-electron chi connectivity index (χ2n) is 4.40. The van der Waals surface area contributed by atoms with Gasteiger partial charge in [-0.05, 0) is 6.92 Å². The molecular weight excluding hydrogens is 342 g/mol. The number of sulfonamides is 1. The average molecular weight is 358 g/mol. The maximum absolute atomic E-state index is 12.6. The predicted octanol–water partition coefficient (Wildman–Crippen LogP) is 0.142. The normalized spacial score (nSPS) is 22.0. The number of nitrogen functional groups attached to an aromatic ring is 1. The molecular formula is C9H15N3O4S4. The molecule has 1 aliphatic rings. The lowest BCUT2D eigenvalue weighted by Crippen LogP contribution is -2.49. The first kappa shape index (κ1) is 16.0. The standard InChI is InChI=1S/C9H15N3O4S4/c1-6-8(18-9(10)11-6)20(15,16)12-3-4-17-5-7(12)19(2,13)14/h7H,3-5H2,1-2H3,(H2,10,11). The zero-order valence-corrected chi connectivity index (χ0v) is 14.2. The molecule has 1 aromatic heterocycles. The van der Waals surface area contributed by atoms with Crippen molar-refractivity contribution in [1.29, 1.82) is 0 Å². The highest BCUT2D eigenvalue weighted by Gasteiger charge is 2.40. The van der Waals surface area contributed by atoms with E-state index in [2.05, 4.69) is 4.98 Å². The fourth-order valence-corrected chi connectivity index (χ4v) is 8.51. The van der Waals surface area contributed by atoms with Crippen LogP contribution in [0.1, 0.15) is 5.69 Å². The van der Waals surface area contributed by atoms with Crippen molar-refractivity contribution in [2.45, 2.75) is 16.5 Å². The lowest BCUT2D eigenvalue weighted by Gasteiger charge is -2.32. The summed E-state index contributed by atoms with van der Waals surface area (Å²) < 4.78 is 50.0. The average Bonchev–Trinajstić information content (AvgIpc) is 2.68. The Hall–Kier alpha value is -0.360. The molecule has 0 spiro atoms. The van der Waals surface area contributed by atoms with Crippen LogP contribution in [0.2, 0.25) is 0 Å². The number of aromatic nitrogens is 1. The molecule has 2 heterocycles. The number of nitrogens with two attached hydrogens (primary N) is 1. The van der Waals surface area contributed by atoms with Crippen molar-refractivity contribution in [3.05, 3.63) is 5.69 Å². The van der Waals surface area contributed by atoms with Gasteiger partial charge in [0.15, 0.2) is 19.2 Å². The van der Waals surface area contributed by atoms with Crippen molar-refractivity contribution in [3.63, 3.8) is 0 Å². The Morgan fingerprint density at radius 3 is 2.50 bits per heavy atom. The molecule has 1 atom stereocenters. The van der Waals surface area contributed by atoms with Gasteiger partial charge in [0.2, 0.25) is 0 Å². The van der Waals surface area contributed by atoms with E-state index in [-0.39, 0.29) is 21.6 Å². The van der Waals surface area contributed by atoms with Crippen LogP contribution in [0, 0.1) is 6.92 Å². The van der Waals surface area contributed by atoms with Crippen LogP contribution >= 0.6 is 23.1 Å². The van der Waals surface area contributed by atoms with Gasteiger partial charge < -0.3 is 5.73 Å². The van der Waals surface area contributed by atoms with E-state index in [0.717, 1.165) is 21.9 Å². The Balaban J connectivity index is 2.49. The first-order chi connectivity index (χ1) is 9.14. The van der Waals surface area contributed by atoms with Crippen LogP contribution in [0.3, 0.4) is 0 Å². The van der Waals surface area contributed by atoms with E-state index in [0.29, 0.717) is 11.4 Å². The highest BCUT2D eigenvalue weighted by Crippen LogP contribution is 2.32. The lowest BCUT2D eigenvalue weighted by atomic mass is 10.6. The molecule has 11 heteroatoms. The van der Waals surface area contributed by atoms with E-state index >= 15 is 0 Å². The molecule has 1 unspecified atom stereocenters. The zero-order valence-electron chi connectivity index (χ0n) is 10.9. The van der Waals surface area contributed by atoms with Gasteiger partial charge in [-0.25, -0.2) is 21.8 Å². The molecule has 0 bridgehead atoms. The van der Waals surface area contributed by atoms with Crippen molar-refractivity contribution >= 4 is 48.1 Å². The number of thioether (sulfide) groups is 1. The summed E-state index contributed by atoms with van der Waals surface area (Å²) in [5.74, 6) is 0.810. The molecule has 0 aliphatic carbocycles. The van der Waals surface area contributed by atoms with Gasteiger partial charge in [-0.3, -0.25) is 0 Å². The van der Waals surface area contributed by atoms with Gasteiger partial charge >= 0.3 is 0 Å². The van der Waals surface area contributed by atoms with Gasteiger partial charge in [0.25, 0.3) is 10.0 Å². The van der Waals surface area contributed by atoms with E-state index in [9.17, 15) is 16.8 Å². The van der Waals surface area contributed by atoms with E-state index in [1.165, 1.54) is 11.8 Å². The quantitative estimate of drug-likeness (QED) is 0.819. The van der Waals surface area contributed by atoms with E-state index in [4.69, 9.17) is 5.73 Å². The van der Waals surface area contributed by atoms with Crippen LogP contribution in [0.15, 0.2) is 4.21 Å². The zero-order chi connectivity index (χ0) is 15.1. The number of anilines is 1.